The summed E-state index contributed by atoms with van der Waals surface area (Å²) in [7, 11) is 2.02. The molecule has 1 N–H and O–H groups in total. The summed E-state index contributed by atoms with van der Waals surface area (Å²) < 4.78 is 44.8. The van der Waals surface area contributed by atoms with Crippen LogP contribution in [0.2, 0.25) is 0 Å². The number of aromatic nitrogens is 2. The molecular weight excluding hydrogens is 509 g/mol. The van der Waals surface area contributed by atoms with Crippen molar-refractivity contribution in [2.24, 2.45) is 0 Å². The van der Waals surface area contributed by atoms with Crippen LogP contribution in [0.15, 0.2) is 47.2 Å². The molecule has 2 aromatic heterocycles. The predicted octanol–water partition coefficient (Wildman–Crippen LogP) is 4.29. The number of alkyl halides is 3. The highest BCUT2D eigenvalue weighted by atomic mass is 19.4. The average molecular weight is 539 g/mol. The highest BCUT2D eigenvalue weighted by molar-refractivity contribution is 5.89. The molecule has 0 unspecified atom stereocenters. The molecule has 0 aliphatic carbocycles. The smallest absolute Gasteiger partial charge is 0.370 e. The molecule has 0 bridgehead atoms. The summed E-state index contributed by atoms with van der Waals surface area (Å²) in [6, 6.07) is 8.94. The van der Waals surface area contributed by atoms with E-state index in [0.717, 1.165) is 42.8 Å². The first kappa shape index (κ1) is 26.7. The zero-order valence-electron chi connectivity index (χ0n) is 21.8. The number of carbonyl (C=O) groups is 1. The number of pyridine rings is 1. The fourth-order valence-corrected chi connectivity index (χ4v) is 5.61. The third kappa shape index (κ3) is 5.21. The number of halogens is 3. The minimum Gasteiger partial charge on any atom is -0.370 e. The summed E-state index contributed by atoms with van der Waals surface area (Å²) >= 11 is 0. The zero-order valence-corrected chi connectivity index (χ0v) is 21.8. The number of piperidine rings is 1. The number of benzene rings is 1. The molecule has 0 spiro atoms. The third-order valence-electron chi connectivity index (χ3n) is 7.91. The van der Waals surface area contributed by atoms with Crippen molar-refractivity contribution in [1.82, 2.24) is 20.4 Å². The molecule has 11 heteroatoms. The number of nitrogens with zero attached hydrogens (tertiary/aromatic N) is 5. The van der Waals surface area contributed by atoms with Crippen LogP contribution in [0.3, 0.4) is 0 Å². The first-order valence-corrected chi connectivity index (χ1v) is 12.8. The lowest BCUT2D eigenvalue weighted by molar-refractivity contribution is -0.137. The van der Waals surface area contributed by atoms with Gasteiger partial charge in [-0.1, -0.05) is 11.2 Å². The average Bonchev–Trinajstić information content (AvgIpc) is 3.55. The minimum absolute atomic E-state index is 0.0362. The largest absolute Gasteiger partial charge is 0.416 e. The number of amides is 1. The number of nitrogens with one attached hydrogen (secondary N) is 1. The Kier molecular flexibility index (Phi) is 7.07. The van der Waals surface area contributed by atoms with Gasteiger partial charge >= 0.3 is 6.18 Å². The van der Waals surface area contributed by atoms with Crippen molar-refractivity contribution in [1.29, 1.82) is 5.26 Å². The van der Waals surface area contributed by atoms with Crippen LogP contribution in [-0.4, -0.2) is 60.2 Å². The van der Waals surface area contributed by atoms with Gasteiger partial charge in [0.15, 0.2) is 0 Å². The monoisotopic (exact) mass is 538 g/mol. The lowest BCUT2D eigenvalue weighted by atomic mass is 9.72. The second-order valence-electron chi connectivity index (χ2n) is 10.4. The van der Waals surface area contributed by atoms with E-state index in [0.29, 0.717) is 43.1 Å². The number of carbonyl (C=O) groups excluding carboxylic acids is 1. The van der Waals surface area contributed by atoms with Gasteiger partial charge in [-0.2, -0.15) is 18.4 Å². The van der Waals surface area contributed by atoms with Gasteiger partial charge in [0.05, 0.1) is 39.7 Å². The number of aryl methyl sites for hydroxylation is 1. The van der Waals surface area contributed by atoms with E-state index in [9.17, 15) is 23.2 Å². The Hall–Kier alpha value is -3.91. The molecule has 3 aromatic rings. The van der Waals surface area contributed by atoms with Crippen molar-refractivity contribution in [3.8, 4) is 17.3 Å². The van der Waals surface area contributed by atoms with Gasteiger partial charge in [-0.05, 0) is 69.6 Å². The first-order valence-electron chi connectivity index (χ1n) is 12.8. The highest BCUT2D eigenvalue weighted by Crippen LogP contribution is 2.40. The maximum absolute atomic E-state index is 13.9. The topological polar surface area (TPSA) is 98.3 Å². The normalized spacial score (nSPS) is 19.6. The van der Waals surface area contributed by atoms with Gasteiger partial charge in [-0.3, -0.25) is 9.78 Å². The lowest BCUT2D eigenvalue weighted by Gasteiger charge is -2.42. The molecule has 2 saturated heterocycles. The van der Waals surface area contributed by atoms with Crippen LogP contribution in [0.5, 0.6) is 0 Å². The minimum atomic E-state index is -4.53. The molecule has 0 saturated carbocycles. The molecule has 8 nitrogen and oxygen atoms in total. The van der Waals surface area contributed by atoms with Crippen LogP contribution in [-0.2, 0) is 16.4 Å². The van der Waals surface area contributed by atoms with Gasteiger partial charge in [-0.15, -0.1) is 0 Å². The molecule has 4 heterocycles. The Morgan fingerprint density at radius 1 is 1.18 bits per heavy atom. The van der Waals surface area contributed by atoms with E-state index >= 15 is 0 Å². The molecule has 39 heavy (non-hydrogen) atoms. The zero-order chi connectivity index (χ0) is 27.8. The lowest BCUT2D eigenvalue weighted by Crippen LogP contribution is -2.54. The Morgan fingerprint density at radius 2 is 1.95 bits per heavy atom. The number of likely N-dealkylation sites (N-methyl/N-ethyl adjacent to an activating group) is 1. The van der Waals surface area contributed by atoms with Gasteiger partial charge in [0, 0.05) is 31.9 Å². The van der Waals surface area contributed by atoms with Crippen molar-refractivity contribution in [2.75, 3.05) is 38.1 Å². The Bertz CT molecular complexity index is 1390. The number of rotatable bonds is 5. The van der Waals surface area contributed by atoms with Crippen LogP contribution in [0.4, 0.5) is 18.9 Å². The van der Waals surface area contributed by atoms with Crippen molar-refractivity contribution in [3.63, 3.8) is 0 Å². The standard InChI is InChI=1S/C28H29F3N6O2/c1-18-23(16-34-39-18)24-5-3-21(15-33-24)27(26(38)35-22-7-10-36(2)17-22)8-11-37(12-9-27)25-6-4-20(28(29,30)31)13-19(25)14-32/h3-6,13,15-16,22H,7-12,17H2,1-2H3,(H,35,38)/t22-/m1/s1. The van der Waals surface area contributed by atoms with Crippen LogP contribution < -0.4 is 10.2 Å². The summed E-state index contributed by atoms with van der Waals surface area (Å²) in [5.41, 5.74) is 0.910. The molecule has 2 aliphatic heterocycles. The molecule has 0 radical (unpaired) electrons. The van der Waals surface area contributed by atoms with E-state index in [4.69, 9.17) is 4.52 Å². The third-order valence-corrected chi connectivity index (χ3v) is 7.91. The maximum atomic E-state index is 13.9. The molecule has 5 rings (SSSR count). The van der Waals surface area contributed by atoms with Crippen molar-refractivity contribution >= 4 is 11.6 Å². The molecule has 1 amide bonds. The first-order chi connectivity index (χ1) is 18.6. The highest BCUT2D eigenvalue weighted by Gasteiger charge is 2.44. The molecule has 2 fully saturated rings. The van der Waals surface area contributed by atoms with Crippen molar-refractivity contribution in [3.05, 3.63) is 65.2 Å². The maximum Gasteiger partial charge on any atom is 0.416 e. The van der Waals surface area contributed by atoms with Crippen LogP contribution >= 0.6 is 0 Å². The van der Waals surface area contributed by atoms with Gasteiger partial charge in [0.25, 0.3) is 0 Å². The van der Waals surface area contributed by atoms with E-state index in [1.165, 1.54) is 6.07 Å². The SMILES string of the molecule is Cc1oncc1-c1ccc(C2(C(=O)N[C@@H]3CCN(C)C3)CCN(c3ccc(C(F)(F)F)cc3C#N)CC2)cn1. The van der Waals surface area contributed by atoms with E-state index in [1.807, 2.05) is 30.1 Å². The van der Waals surface area contributed by atoms with Gasteiger partial charge < -0.3 is 19.6 Å². The Balaban J connectivity index is 1.43. The quantitative estimate of drug-likeness (QED) is 0.517. The van der Waals surface area contributed by atoms with E-state index < -0.39 is 17.2 Å². The molecule has 1 atom stereocenters. The number of nitriles is 1. The number of likely N-dealkylation sites (tertiary alicyclic amines) is 1. The van der Waals surface area contributed by atoms with E-state index in [2.05, 4.69) is 20.4 Å². The summed E-state index contributed by atoms with van der Waals surface area (Å²) in [6.07, 6.45) is 0.493. The van der Waals surface area contributed by atoms with Crippen molar-refractivity contribution in [2.45, 2.75) is 43.8 Å². The Morgan fingerprint density at radius 3 is 2.51 bits per heavy atom. The number of anilines is 1. The van der Waals surface area contributed by atoms with Gasteiger partial charge in [-0.25, -0.2) is 0 Å². The predicted molar refractivity (Wildman–Crippen MR) is 138 cm³/mol. The van der Waals surface area contributed by atoms with Crippen molar-refractivity contribution < 1.29 is 22.5 Å². The molecule has 1 aromatic carbocycles. The summed E-state index contributed by atoms with van der Waals surface area (Å²) in [5, 5.41) is 16.6. The molecular formula is C28H29F3N6O2. The molecule has 2 aliphatic rings. The van der Waals surface area contributed by atoms with E-state index in [-0.39, 0.29) is 17.5 Å². The second kappa shape index (κ2) is 10.3. The van der Waals surface area contributed by atoms with Crippen LogP contribution in [0, 0.1) is 18.3 Å². The van der Waals surface area contributed by atoms with Gasteiger partial charge in [0.2, 0.25) is 5.91 Å². The fourth-order valence-electron chi connectivity index (χ4n) is 5.61. The van der Waals surface area contributed by atoms with E-state index in [1.54, 1.807) is 19.3 Å². The summed E-state index contributed by atoms with van der Waals surface area (Å²) in [6.45, 7) is 4.27. The Labute approximate surface area is 224 Å². The van der Waals surface area contributed by atoms with Crippen LogP contribution in [0.25, 0.3) is 11.3 Å². The molecule has 204 valence electrons. The van der Waals surface area contributed by atoms with Crippen LogP contribution in [0.1, 0.15) is 41.7 Å². The summed E-state index contributed by atoms with van der Waals surface area (Å²) in [4.78, 5) is 22.6. The fraction of sp³-hybridized carbons (Fsp3) is 0.429. The second-order valence-corrected chi connectivity index (χ2v) is 10.4. The summed E-state index contributed by atoms with van der Waals surface area (Å²) in [5.74, 6) is 0.567. The number of hydrogen-bond donors (Lipinski definition) is 1. The number of hydrogen-bond acceptors (Lipinski definition) is 7. The van der Waals surface area contributed by atoms with Gasteiger partial charge in [0.1, 0.15) is 11.8 Å².